The third-order valence-electron chi connectivity index (χ3n) is 4.73. The van der Waals surface area contributed by atoms with Gasteiger partial charge in [-0.3, -0.25) is 4.79 Å². The lowest BCUT2D eigenvalue weighted by molar-refractivity contribution is -0.144. The van der Waals surface area contributed by atoms with Crippen LogP contribution in [0.5, 0.6) is 23.0 Å². The number of hydrogen-bond acceptors (Lipinski definition) is 8. The summed E-state index contributed by atoms with van der Waals surface area (Å²) in [6.45, 7) is 18.0. The van der Waals surface area contributed by atoms with E-state index in [-0.39, 0.29) is 11.7 Å². The van der Waals surface area contributed by atoms with Crippen molar-refractivity contribution in [3.8, 4) is 23.0 Å². The lowest BCUT2D eigenvalue weighted by Crippen LogP contribution is -2.28. The summed E-state index contributed by atoms with van der Waals surface area (Å²) in [6, 6.07) is 3.18. The topological polar surface area (TPSA) is 81.7 Å². The summed E-state index contributed by atoms with van der Waals surface area (Å²) in [4.78, 5) is 12.8. The Morgan fingerprint density at radius 1 is 0.719 bits per heavy atom. The van der Waals surface area contributed by atoms with Crippen molar-refractivity contribution in [1.29, 1.82) is 0 Å². The third-order valence-corrected chi connectivity index (χ3v) is 4.73. The van der Waals surface area contributed by atoms with Crippen LogP contribution in [0.15, 0.2) is 12.1 Å². The first-order valence-electron chi connectivity index (χ1n) is 11.3. The van der Waals surface area contributed by atoms with Gasteiger partial charge in [0.2, 0.25) is 0 Å². The highest BCUT2D eigenvalue weighted by molar-refractivity contribution is 5.79. The average Bonchev–Trinajstić information content (AvgIpc) is 2.71. The highest BCUT2D eigenvalue weighted by Crippen LogP contribution is 2.42. The number of benzene rings is 1. The Balaban J connectivity index is 3.44. The van der Waals surface area contributed by atoms with Crippen LogP contribution in [0.4, 0.5) is 0 Å². The van der Waals surface area contributed by atoms with Crippen molar-refractivity contribution in [3.05, 3.63) is 12.1 Å². The van der Waals surface area contributed by atoms with Gasteiger partial charge in [-0.1, -0.05) is 6.92 Å². The minimum atomic E-state index is -0.666. The van der Waals surface area contributed by atoms with Gasteiger partial charge in [0.1, 0.15) is 0 Å². The average molecular weight is 457 g/mol. The Morgan fingerprint density at radius 3 is 1.41 bits per heavy atom. The molecule has 3 atom stereocenters. The second kappa shape index (κ2) is 13.5. The molecular weight excluding hydrogens is 416 g/mol. The molecule has 0 amide bonds. The number of ether oxygens (including phenoxy) is 7. The van der Waals surface area contributed by atoms with Crippen molar-refractivity contribution in [2.75, 3.05) is 19.8 Å². The number of esters is 1. The van der Waals surface area contributed by atoms with E-state index in [1.54, 1.807) is 32.9 Å². The van der Waals surface area contributed by atoms with Crippen LogP contribution in [0.25, 0.3) is 0 Å². The van der Waals surface area contributed by atoms with Gasteiger partial charge in [0.15, 0.2) is 41.9 Å². The molecule has 8 nitrogen and oxygen atoms in total. The maximum Gasteiger partial charge on any atom is 0.317 e. The Bertz CT molecular complexity index is 703. The van der Waals surface area contributed by atoms with E-state index in [9.17, 15) is 4.79 Å². The first kappa shape index (κ1) is 28.0. The Morgan fingerprint density at radius 2 is 1.06 bits per heavy atom. The van der Waals surface area contributed by atoms with Crippen molar-refractivity contribution in [1.82, 2.24) is 0 Å². The molecule has 0 aliphatic rings. The second-order valence-electron chi connectivity index (χ2n) is 7.80. The maximum absolute atomic E-state index is 12.8. The number of hydrogen-bond donors (Lipinski definition) is 0. The zero-order valence-electron chi connectivity index (χ0n) is 21.0. The van der Waals surface area contributed by atoms with Crippen LogP contribution in [0.1, 0.15) is 68.7 Å². The van der Waals surface area contributed by atoms with Gasteiger partial charge in [-0.15, -0.1) is 0 Å². The molecule has 0 bridgehead atoms. The van der Waals surface area contributed by atoms with Gasteiger partial charge in [-0.05, 0) is 61.8 Å². The van der Waals surface area contributed by atoms with E-state index < -0.39 is 24.3 Å². The molecule has 0 aromatic heterocycles. The number of carbonyl (C=O) groups is 1. The van der Waals surface area contributed by atoms with Gasteiger partial charge < -0.3 is 33.2 Å². The second-order valence-corrected chi connectivity index (χ2v) is 7.80. The molecule has 32 heavy (non-hydrogen) atoms. The summed E-state index contributed by atoms with van der Waals surface area (Å²) in [5.41, 5.74) is -0.666. The fourth-order valence-electron chi connectivity index (χ4n) is 2.60. The smallest absolute Gasteiger partial charge is 0.317 e. The summed E-state index contributed by atoms with van der Waals surface area (Å²) in [6.07, 6.45) is -1.03. The van der Waals surface area contributed by atoms with E-state index in [4.69, 9.17) is 33.2 Å². The zero-order valence-corrected chi connectivity index (χ0v) is 21.0. The number of carbonyl (C=O) groups excluding carboxylic acids is 1. The van der Waals surface area contributed by atoms with Crippen LogP contribution in [-0.4, -0.2) is 44.7 Å². The standard InChI is InChI=1S/C24H40O8/c1-10-24(8,9)23(25)32-22-15-20(30-17(6)27-12-3)19(29-16(5)26-11-2)14-21(22)31-18(7)28-13-4/h14-18H,10-13H2,1-9H3. The highest BCUT2D eigenvalue weighted by Gasteiger charge is 2.30. The summed E-state index contributed by atoms with van der Waals surface area (Å²) in [7, 11) is 0. The minimum Gasteiger partial charge on any atom is -0.461 e. The molecule has 1 rings (SSSR count). The molecule has 0 N–H and O–H groups in total. The van der Waals surface area contributed by atoms with E-state index in [0.29, 0.717) is 43.5 Å². The molecule has 0 saturated heterocycles. The predicted octanol–water partition coefficient (Wildman–Crippen LogP) is 5.31. The van der Waals surface area contributed by atoms with Crippen LogP contribution in [0.2, 0.25) is 0 Å². The Labute approximate surface area is 192 Å². The molecule has 0 fully saturated rings. The van der Waals surface area contributed by atoms with Gasteiger partial charge in [0.25, 0.3) is 0 Å². The normalized spacial score (nSPS) is 14.4. The SMILES string of the molecule is CCOC(C)Oc1cc(OC(C)OCC)c(OC(C)OCC)cc1OC(=O)C(C)(C)CC. The highest BCUT2D eigenvalue weighted by atomic mass is 16.7. The molecule has 0 spiro atoms. The Hall–Kier alpha value is -2.03. The lowest BCUT2D eigenvalue weighted by atomic mass is 9.91. The van der Waals surface area contributed by atoms with E-state index >= 15 is 0 Å². The van der Waals surface area contributed by atoms with Crippen molar-refractivity contribution >= 4 is 5.97 Å². The van der Waals surface area contributed by atoms with Crippen LogP contribution in [0.3, 0.4) is 0 Å². The fourth-order valence-corrected chi connectivity index (χ4v) is 2.60. The predicted molar refractivity (Wildman–Crippen MR) is 121 cm³/mol. The molecule has 3 unspecified atom stereocenters. The van der Waals surface area contributed by atoms with Gasteiger partial charge in [0.05, 0.1) is 5.41 Å². The van der Waals surface area contributed by atoms with E-state index in [1.165, 1.54) is 0 Å². The monoisotopic (exact) mass is 456 g/mol. The van der Waals surface area contributed by atoms with Gasteiger partial charge in [-0.2, -0.15) is 0 Å². The molecule has 0 aliphatic heterocycles. The molecule has 184 valence electrons. The molecule has 1 aromatic rings. The van der Waals surface area contributed by atoms with Crippen LogP contribution in [-0.2, 0) is 19.0 Å². The van der Waals surface area contributed by atoms with E-state index in [2.05, 4.69) is 0 Å². The molecule has 1 aromatic carbocycles. The number of rotatable bonds is 15. The van der Waals surface area contributed by atoms with Crippen molar-refractivity contribution < 1.29 is 38.0 Å². The molecule has 0 heterocycles. The van der Waals surface area contributed by atoms with Crippen molar-refractivity contribution in [2.45, 2.75) is 87.6 Å². The van der Waals surface area contributed by atoms with Gasteiger partial charge in [0, 0.05) is 32.0 Å². The molecule has 8 heteroatoms. The first-order valence-corrected chi connectivity index (χ1v) is 11.3. The molecule has 0 radical (unpaired) electrons. The molecule has 0 aliphatic carbocycles. The van der Waals surface area contributed by atoms with Gasteiger partial charge >= 0.3 is 5.97 Å². The van der Waals surface area contributed by atoms with Crippen molar-refractivity contribution in [3.63, 3.8) is 0 Å². The zero-order chi connectivity index (χ0) is 24.3. The van der Waals surface area contributed by atoms with Crippen LogP contribution in [0, 0.1) is 5.41 Å². The summed E-state index contributed by atoms with van der Waals surface area (Å²) >= 11 is 0. The summed E-state index contributed by atoms with van der Waals surface area (Å²) < 4.78 is 40.0. The largest absolute Gasteiger partial charge is 0.461 e. The van der Waals surface area contributed by atoms with Crippen LogP contribution >= 0.6 is 0 Å². The summed E-state index contributed by atoms with van der Waals surface area (Å²) in [5, 5.41) is 0. The lowest BCUT2D eigenvalue weighted by Gasteiger charge is -2.25. The summed E-state index contributed by atoms with van der Waals surface area (Å²) in [5.74, 6) is 0.824. The maximum atomic E-state index is 12.8. The quantitative estimate of drug-likeness (QED) is 0.199. The van der Waals surface area contributed by atoms with Crippen molar-refractivity contribution in [2.24, 2.45) is 5.41 Å². The van der Waals surface area contributed by atoms with Gasteiger partial charge in [-0.25, -0.2) is 0 Å². The molecule has 0 saturated carbocycles. The minimum absolute atomic E-state index is 0.207. The van der Waals surface area contributed by atoms with E-state index in [1.807, 2.05) is 41.5 Å². The van der Waals surface area contributed by atoms with E-state index in [0.717, 1.165) is 0 Å². The first-order chi connectivity index (χ1) is 15.1. The Kier molecular flexibility index (Phi) is 11.8. The third kappa shape index (κ3) is 8.84. The van der Waals surface area contributed by atoms with Crippen LogP contribution < -0.4 is 18.9 Å². The molecular formula is C24H40O8. The fraction of sp³-hybridized carbons (Fsp3) is 0.708.